The van der Waals surface area contributed by atoms with Gasteiger partial charge in [0.15, 0.2) is 5.60 Å². The summed E-state index contributed by atoms with van der Waals surface area (Å²) in [6.07, 6.45) is -4.43. The summed E-state index contributed by atoms with van der Waals surface area (Å²) < 4.78 is 43.0. The Labute approximate surface area is 120 Å². The number of halogens is 3. The van der Waals surface area contributed by atoms with E-state index in [0.717, 1.165) is 12.7 Å². The lowest BCUT2D eigenvalue weighted by Gasteiger charge is -2.49. The zero-order valence-corrected chi connectivity index (χ0v) is 11.8. The van der Waals surface area contributed by atoms with E-state index in [1.807, 2.05) is 19.1 Å². The summed E-state index contributed by atoms with van der Waals surface area (Å²) in [7, 11) is 1.04. The predicted molar refractivity (Wildman–Crippen MR) is 72.0 cm³/mol. The number of carbonyl (C=O) groups is 1. The average molecular weight is 302 g/mol. The fourth-order valence-corrected chi connectivity index (χ4v) is 2.32. The molecule has 1 aromatic carbocycles. The third-order valence-corrected chi connectivity index (χ3v) is 3.65. The molecule has 1 aliphatic rings. The van der Waals surface area contributed by atoms with Crippen LogP contribution in [0.3, 0.4) is 0 Å². The Bertz CT molecular complexity index is 525. The van der Waals surface area contributed by atoms with E-state index in [0.29, 0.717) is 5.69 Å². The zero-order valence-electron chi connectivity index (χ0n) is 11.8. The standard InChI is InChI=1S/C14H17F3N2O2/c1-10-5-3-4-6-11(10)18-12(20)7-19-8-13(9-19,21-2)14(15,16)17/h3-6H,7-9H2,1-2H3,(H,18,20). The molecule has 1 fully saturated rings. The molecule has 21 heavy (non-hydrogen) atoms. The number of para-hydroxylation sites is 1. The van der Waals surface area contributed by atoms with Gasteiger partial charge in [0.05, 0.1) is 6.54 Å². The molecule has 2 rings (SSSR count). The van der Waals surface area contributed by atoms with Crippen LogP contribution in [0.15, 0.2) is 24.3 Å². The first-order valence-corrected chi connectivity index (χ1v) is 6.47. The number of ether oxygens (including phenoxy) is 1. The van der Waals surface area contributed by atoms with Gasteiger partial charge in [0.2, 0.25) is 5.91 Å². The zero-order chi connectivity index (χ0) is 15.7. The van der Waals surface area contributed by atoms with Crippen molar-refractivity contribution in [3.8, 4) is 0 Å². The molecule has 4 nitrogen and oxygen atoms in total. The van der Waals surface area contributed by atoms with Crippen LogP contribution in [0.25, 0.3) is 0 Å². The Hall–Kier alpha value is -1.60. The molecule has 1 N–H and O–H groups in total. The van der Waals surface area contributed by atoms with Gasteiger partial charge in [-0.2, -0.15) is 13.2 Å². The van der Waals surface area contributed by atoms with Gasteiger partial charge in [-0.1, -0.05) is 18.2 Å². The molecule has 0 unspecified atom stereocenters. The van der Waals surface area contributed by atoms with Crippen LogP contribution in [-0.2, 0) is 9.53 Å². The van der Waals surface area contributed by atoms with Crippen LogP contribution in [0.4, 0.5) is 18.9 Å². The Balaban J connectivity index is 1.88. The molecular formula is C14H17F3N2O2. The number of nitrogens with one attached hydrogen (secondary N) is 1. The molecule has 1 aliphatic heterocycles. The van der Waals surface area contributed by atoms with Gasteiger partial charge in [-0.15, -0.1) is 0 Å². The first-order chi connectivity index (χ1) is 9.77. The van der Waals surface area contributed by atoms with Crippen LogP contribution in [0.5, 0.6) is 0 Å². The molecule has 0 radical (unpaired) electrons. The number of amides is 1. The number of hydrogen-bond acceptors (Lipinski definition) is 3. The van der Waals surface area contributed by atoms with Crippen LogP contribution in [-0.4, -0.2) is 49.3 Å². The minimum Gasteiger partial charge on any atom is -0.366 e. The van der Waals surface area contributed by atoms with Crippen molar-refractivity contribution in [3.05, 3.63) is 29.8 Å². The summed E-state index contributed by atoms with van der Waals surface area (Å²) in [6, 6.07) is 7.22. The molecule has 1 heterocycles. The van der Waals surface area contributed by atoms with Gasteiger partial charge in [-0.05, 0) is 18.6 Å². The smallest absolute Gasteiger partial charge is 0.366 e. The van der Waals surface area contributed by atoms with Crippen molar-refractivity contribution >= 4 is 11.6 Å². The van der Waals surface area contributed by atoms with Crippen LogP contribution in [0.1, 0.15) is 5.56 Å². The van der Waals surface area contributed by atoms with E-state index >= 15 is 0 Å². The highest BCUT2D eigenvalue weighted by Crippen LogP contribution is 2.40. The second-order valence-corrected chi connectivity index (χ2v) is 5.20. The van der Waals surface area contributed by atoms with Crippen molar-refractivity contribution in [2.75, 3.05) is 32.1 Å². The molecule has 0 spiro atoms. The topological polar surface area (TPSA) is 41.6 Å². The summed E-state index contributed by atoms with van der Waals surface area (Å²) in [5, 5.41) is 2.69. The number of methoxy groups -OCH3 is 1. The number of anilines is 1. The van der Waals surface area contributed by atoms with E-state index in [4.69, 9.17) is 0 Å². The van der Waals surface area contributed by atoms with Gasteiger partial charge in [-0.3, -0.25) is 9.69 Å². The Kier molecular flexibility index (Phi) is 4.25. The summed E-state index contributed by atoms with van der Waals surface area (Å²) in [4.78, 5) is 13.2. The van der Waals surface area contributed by atoms with Gasteiger partial charge in [0, 0.05) is 25.9 Å². The number of carbonyl (C=O) groups excluding carboxylic acids is 1. The second-order valence-electron chi connectivity index (χ2n) is 5.20. The van der Waals surface area contributed by atoms with Crippen molar-refractivity contribution < 1.29 is 22.7 Å². The number of aryl methyl sites for hydroxylation is 1. The lowest BCUT2D eigenvalue weighted by atomic mass is 9.93. The molecule has 0 aromatic heterocycles. The Morgan fingerprint density at radius 3 is 2.52 bits per heavy atom. The maximum atomic E-state index is 12.8. The maximum Gasteiger partial charge on any atom is 0.419 e. The third-order valence-electron chi connectivity index (χ3n) is 3.65. The summed E-state index contributed by atoms with van der Waals surface area (Å²) in [5.41, 5.74) is -0.580. The monoisotopic (exact) mass is 302 g/mol. The van der Waals surface area contributed by atoms with E-state index in [1.54, 1.807) is 12.1 Å². The van der Waals surface area contributed by atoms with E-state index in [9.17, 15) is 18.0 Å². The van der Waals surface area contributed by atoms with E-state index in [-0.39, 0.29) is 25.5 Å². The molecule has 1 aromatic rings. The van der Waals surface area contributed by atoms with E-state index in [1.165, 1.54) is 4.90 Å². The minimum absolute atomic E-state index is 0.0878. The van der Waals surface area contributed by atoms with Crippen LogP contribution < -0.4 is 5.32 Å². The van der Waals surface area contributed by atoms with Crippen molar-refractivity contribution in [1.82, 2.24) is 4.90 Å². The van der Waals surface area contributed by atoms with Crippen molar-refractivity contribution in [2.45, 2.75) is 18.7 Å². The number of hydrogen-bond donors (Lipinski definition) is 1. The second kappa shape index (κ2) is 5.65. The van der Waals surface area contributed by atoms with Gasteiger partial charge < -0.3 is 10.1 Å². The minimum atomic E-state index is -4.43. The van der Waals surface area contributed by atoms with E-state index < -0.39 is 11.8 Å². The average Bonchev–Trinajstić information content (AvgIpc) is 2.34. The fraction of sp³-hybridized carbons (Fsp3) is 0.500. The van der Waals surface area contributed by atoms with Gasteiger partial charge in [0.1, 0.15) is 0 Å². The number of alkyl halides is 3. The summed E-state index contributed by atoms with van der Waals surface area (Å²) in [6.45, 7) is 1.11. The fourth-order valence-electron chi connectivity index (χ4n) is 2.32. The molecule has 116 valence electrons. The molecule has 0 aliphatic carbocycles. The number of rotatable bonds is 4. The molecule has 1 amide bonds. The van der Waals surface area contributed by atoms with E-state index in [2.05, 4.69) is 10.1 Å². The first kappa shape index (κ1) is 15.8. The van der Waals surface area contributed by atoms with Crippen molar-refractivity contribution in [1.29, 1.82) is 0 Å². The highest BCUT2D eigenvalue weighted by atomic mass is 19.4. The van der Waals surface area contributed by atoms with Gasteiger partial charge >= 0.3 is 6.18 Å². The lowest BCUT2D eigenvalue weighted by molar-refractivity contribution is -0.309. The quantitative estimate of drug-likeness (QED) is 0.927. The first-order valence-electron chi connectivity index (χ1n) is 6.47. The lowest BCUT2D eigenvalue weighted by Crippen LogP contribution is -2.70. The largest absolute Gasteiger partial charge is 0.419 e. The third kappa shape index (κ3) is 3.19. The number of likely N-dealkylation sites (tertiary alicyclic amines) is 1. The number of nitrogens with zero attached hydrogens (tertiary/aromatic N) is 1. The summed E-state index contributed by atoms with van der Waals surface area (Å²) in [5.74, 6) is -0.337. The highest BCUT2D eigenvalue weighted by molar-refractivity contribution is 5.93. The van der Waals surface area contributed by atoms with Crippen LogP contribution in [0, 0.1) is 6.92 Å². The Morgan fingerprint density at radius 1 is 1.38 bits per heavy atom. The normalized spacial score (nSPS) is 18.1. The van der Waals surface area contributed by atoms with Gasteiger partial charge in [0.25, 0.3) is 0 Å². The predicted octanol–water partition coefficient (Wildman–Crippen LogP) is 2.20. The molecule has 1 saturated heterocycles. The SMILES string of the molecule is COC1(C(F)(F)F)CN(CC(=O)Nc2ccccc2C)C1. The summed E-state index contributed by atoms with van der Waals surface area (Å²) >= 11 is 0. The highest BCUT2D eigenvalue weighted by Gasteiger charge is 2.62. The molecule has 0 atom stereocenters. The maximum absolute atomic E-state index is 12.8. The molecule has 7 heteroatoms. The van der Waals surface area contributed by atoms with Gasteiger partial charge in [-0.25, -0.2) is 0 Å². The van der Waals surface area contributed by atoms with Crippen molar-refractivity contribution in [3.63, 3.8) is 0 Å². The molecule has 0 bridgehead atoms. The molecular weight excluding hydrogens is 285 g/mol. The number of benzene rings is 1. The van der Waals surface area contributed by atoms with Crippen LogP contribution >= 0.6 is 0 Å². The van der Waals surface area contributed by atoms with Crippen LogP contribution in [0.2, 0.25) is 0 Å². The van der Waals surface area contributed by atoms with Crippen molar-refractivity contribution in [2.24, 2.45) is 0 Å². The molecule has 0 saturated carbocycles. The Morgan fingerprint density at radius 2 is 2.00 bits per heavy atom.